The SMILES string of the molecule is CCCCCCCCCCCCCC[N+]([O-])(CC)CCCCCCCCCCCCCC. The molecule has 0 atom stereocenters. The topological polar surface area (TPSA) is 23.1 Å². The zero-order valence-corrected chi connectivity index (χ0v) is 22.9. The smallest absolute Gasteiger partial charge is 0.0783 e. The third-order valence-electron chi connectivity index (χ3n) is 7.41. The summed E-state index contributed by atoms with van der Waals surface area (Å²) in [7, 11) is 0. The van der Waals surface area contributed by atoms with E-state index in [0.717, 1.165) is 32.5 Å². The maximum atomic E-state index is 13.0. The summed E-state index contributed by atoms with van der Waals surface area (Å²) in [5.74, 6) is 0. The van der Waals surface area contributed by atoms with Crippen molar-refractivity contribution in [3.05, 3.63) is 5.21 Å². The average molecular weight is 454 g/mol. The fourth-order valence-electron chi connectivity index (χ4n) is 4.91. The molecule has 0 aromatic carbocycles. The Morgan fingerprint density at radius 3 is 0.781 bits per heavy atom. The lowest BCUT2D eigenvalue weighted by Crippen LogP contribution is -2.43. The van der Waals surface area contributed by atoms with E-state index in [4.69, 9.17) is 0 Å². The Hall–Kier alpha value is -0.0800. The Labute approximate surface area is 204 Å². The lowest BCUT2D eigenvalue weighted by molar-refractivity contribution is -0.879. The van der Waals surface area contributed by atoms with Crippen molar-refractivity contribution in [3.63, 3.8) is 0 Å². The van der Waals surface area contributed by atoms with Gasteiger partial charge in [0.1, 0.15) is 0 Å². The molecule has 0 N–H and O–H groups in total. The number of unbranched alkanes of at least 4 members (excludes halogenated alkanes) is 22. The van der Waals surface area contributed by atoms with Crippen molar-refractivity contribution in [1.29, 1.82) is 0 Å². The standard InChI is InChI=1S/C30H63NO/c1-4-7-9-11-13-15-17-19-21-23-25-27-29-31(32,6-3)30-28-26-24-22-20-18-16-14-12-10-8-5-2/h4-30H2,1-3H3. The van der Waals surface area contributed by atoms with Crippen molar-refractivity contribution < 1.29 is 4.65 Å². The molecule has 0 rings (SSSR count). The number of hydrogen-bond donors (Lipinski definition) is 0. The first-order valence-electron chi connectivity index (χ1n) is 15.3. The third kappa shape index (κ3) is 23.1. The van der Waals surface area contributed by atoms with E-state index in [1.165, 1.54) is 141 Å². The van der Waals surface area contributed by atoms with Gasteiger partial charge in [-0.25, -0.2) is 0 Å². The number of hydrogen-bond acceptors (Lipinski definition) is 1. The van der Waals surface area contributed by atoms with Crippen molar-refractivity contribution in [1.82, 2.24) is 0 Å². The molecular weight excluding hydrogens is 390 g/mol. The largest absolute Gasteiger partial charge is 0.633 e. The molecule has 0 bridgehead atoms. The molecule has 0 aromatic rings. The van der Waals surface area contributed by atoms with Gasteiger partial charge in [-0.15, -0.1) is 0 Å². The molecule has 2 nitrogen and oxygen atoms in total. The second kappa shape index (κ2) is 25.5. The van der Waals surface area contributed by atoms with Gasteiger partial charge in [0.05, 0.1) is 19.6 Å². The Balaban J connectivity index is 3.43. The van der Waals surface area contributed by atoms with Crippen molar-refractivity contribution in [2.45, 2.75) is 175 Å². The van der Waals surface area contributed by atoms with Crippen LogP contribution in [0.5, 0.6) is 0 Å². The van der Waals surface area contributed by atoms with Crippen molar-refractivity contribution in [3.8, 4) is 0 Å². The first-order chi connectivity index (χ1) is 15.7. The Morgan fingerprint density at radius 1 is 0.344 bits per heavy atom. The molecule has 0 aliphatic rings. The maximum Gasteiger partial charge on any atom is 0.0783 e. The van der Waals surface area contributed by atoms with E-state index in [9.17, 15) is 5.21 Å². The summed E-state index contributed by atoms with van der Waals surface area (Å²) < 4.78 is 0.0650. The van der Waals surface area contributed by atoms with Crippen LogP contribution in [0.4, 0.5) is 0 Å². The van der Waals surface area contributed by atoms with Gasteiger partial charge in [-0.1, -0.05) is 142 Å². The van der Waals surface area contributed by atoms with Crippen LogP contribution in [0.15, 0.2) is 0 Å². The minimum Gasteiger partial charge on any atom is -0.633 e. The highest BCUT2D eigenvalue weighted by Crippen LogP contribution is 2.16. The molecule has 0 saturated heterocycles. The summed E-state index contributed by atoms with van der Waals surface area (Å²) in [6.45, 7) is 9.13. The summed E-state index contributed by atoms with van der Waals surface area (Å²) in [6.07, 6.45) is 32.8. The van der Waals surface area contributed by atoms with Crippen molar-refractivity contribution in [2.75, 3.05) is 19.6 Å². The normalized spacial score (nSPS) is 12.0. The average Bonchev–Trinajstić information content (AvgIpc) is 2.80. The monoisotopic (exact) mass is 453 g/mol. The molecule has 32 heavy (non-hydrogen) atoms. The summed E-state index contributed by atoms with van der Waals surface area (Å²) in [5, 5.41) is 13.0. The summed E-state index contributed by atoms with van der Waals surface area (Å²) in [6, 6.07) is 0. The minimum absolute atomic E-state index is 0.0650. The molecule has 0 spiro atoms. The van der Waals surface area contributed by atoms with Crippen LogP contribution in [0.1, 0.15) is 175 Å². The predicted molar refractivity (Wildman–Crippen MR) is 146 cm³/mol. The van der Waals surface area contributed by atoms with E-state index in [0.29, 0.717) is 0 Å². The zero-order chi connectivity index (χ0) is 23.6. The molecule has 0 amide bonds. The fraction of sp³-hybridized carbons (Fsp3) is 1.00. The van der Waals surface area contributed by atoms with Gasteiger partial charge in [-0.05, 0) is 32.6 Å². The fourth-order valence-corrected chi connectivity index (χ4v) is 4.91. The van der Waals surface area contributed by atoms with E-state index < -0.39 is 0 Å². The number of nitrogens with zero attached hydrogens (tertiary/aromatic N) is 1. The molecule has 0 saturated carbocycles. The van der Waals surface area contributed by atoms with Gasteiger partial charge in [-0.2, -0.15) is 0 Å². The molecular formula is C30H63NO. The summed E-state index contributed by atoms with van der Waals surface area (Å²) in [5.41, 5.74) is 0. The Morgan fingerprint density at radius 2 is 0.562 bits per heavy atom. The Kier molecular flexibility index (Phi) is 25.5. The second-order valence-electron chi connectivity index (χ2n) is 10.6. The van der Waals surface area contributed by atoms with Crippen LogP contribution >= 0.6 is 0 Å². The first-order valence-corrected chi connectivity index (χ1v) is 15.3. The highest BCUT2D eigenvalue weighted by atomic mass is 16.5. The third-order valence-corrected chi connectivity index (χ3v) is 7.41. The highest BCUT2D eigenvalue weighted by molar-refractivity contribution is 4.52. The molecule has 0 unspecified atom stereocenters. The molecule has 194 valence electrons. The van der Waals surface area contributed by atoms with E-state index in [-0.39, 0.29) is 4.65 Å². The van der Waals surface area contributed by atoms with Crippen LogP contribution in [0.25, 0.3) is 0 Å². The van der Waals surface area contributed by atoms with E-state index >= 15 is 0 Å². The van der Waals surface area contributed by atoms with Gasteiger partial charge in [0.2, 0.25) is 0 Å². The van der Waals surface area contributed by atoms with Gasteiger partial charge in [-0.3, -0.25) is 0 Å². The lowest BCUT2D eigenvalue weighted by Gasteiger charge is -2.42. The first kappa shape index (κ1) is 31.9. The van der Waals surface area contributed by atoms with Crippen molar-refractivity contribution >= 4 is 0 Å². The predicted octanol–water partition coefficient (Wildman–Crippen LogP) is 10.7. The number of hydroxylamine groups is 3. The van der Waals surface area contributed by atoms with Crippen LogP contribution < -0.4 is 0 Å². The quantitative estimate of drug-likeness (QED) is 0.0688. The van der Waals surface area contributed by atoms with Crippen LogP contribution in [-0.4, -0.2) is 24.3 Å². The lowest BCUT2D eigenvalue weighted by atomic mass is 10.0. The number of rotatable bonds is 27. The Bertz CT molecular complexity index is 316. The van der Waals surface area contributed by atoms with Crippen molar-refractivity contribution in [2.24, 2.45) is 0 Å². The maximum absolute atomic E-state index is 13.0. The zero-order valence-electron chi connectivity index (χ0n) is 22.9. The summed E-state index contributed by atoms with van der Waals surface area (Å²) >= 11 is 0. The van der Waals surface area contributed by atoms with E-state index in [1.54, 1.807) is 0 Å². The van der Waals surface area contributed by atoms with Crippen LogP contribution in [0, 0.1) is 5.21 Å². The van der Waals surface area contributed by atoms with Gasteiger partial charge in [0, 0.05) is 0 Å². The van der Waals surface area contributed by atoms with Crippen LogP contribution in [-0.2, 0) is 0 Å². The van der Waals surface area contributed by atoms with Gasteiger partial charge < -0.3 is 9.85 Å². The van der Waals surface area contributed by atoms with Gasteiger partial charge in [0.25, 0.3) is 0 Å². The molecule has 0 aromatic heterocycles. The molecule has 0 heterocycles. The second-order valence-corrected chi connectivity index (χ2v) is 10.6. The van der Waals surface area contributed by atoms with Gasteiger partial charge >= 0.3 is 0 Å². The number of quaternary nitrogens is 1. The molecule has 2 heteroatoms. The van der Waals surface area contributed by atoms with E-state index in [1.807, 2.05) is 0 Å². The van der Waals surface area contributed by atoms with Gasteiger partial charge in [0.15, 0.2) is 0 Å². The van der Waals surface area contributed by atoms with Crippen LogP contribution in [0.2, 0.25) is 0 Å². The van der Waals surface area contributed by atoms with E-state index in [2.05, 4.69) is 20.8 Å². The minimum atomic E-state index is 0.0650. The highest BCUT2D eigenvalue weighted by Gasteiger charge is 2.13. The molecule has 0 fully saturated rings. The summed E-state index contributed by atoms with van der Waals surface area (Å²) in [4.78, 5) is 0. The molecule has 0 aliphatic heterocycles. The molecule has 0 aliphatic carbocycles. The van der Waals surface area contributed by atoms with Crippen LogP contribution in [0.3, 0.4) is 0 Å². The molecule has 0 radical (unpaired) electrons.